The van der Waals surface area contributed by atoms with E-state index in [4.69, 9.17) is 4.74 Å². The molecule has 0 radical (unpaired) electrons. The first-order valence-electron chi connectivity index (χ1n) is 7.27. The van der Waals surface area contributed by atoms with Crippen molar-refractivity contribution in [2.75, 3.05) is 12.4 Å². The van der Waals surface area contributed by atoms with Crippen molar-refractivity contribution in [3.63, 3.8) is 0 Å². The van der Waals surface area contributed by atoms with Crippen LogP contribution in [0.5, 0.6) is 11.5 Å². The third-order valence-electron chi connectivity index (χ3n) is 3.17. The maximum atomic E-state index is 12.4. The molecule has 0 aliphatic carbocycles. The second-order valence-electron chi connectivity index (χ2n) is 5.11. The Hall–Kier alpha value is -2.96. The summed E-state index contributed by atoms with van der Waals surface area (Å²) in [5.74, 6) is -0.411. The van der Waals surface area contributed by atoms with Crippen molar-refractivity contribution < 1.29 is 27.4 Å². The molecule has 1 amide bonds. The summed E-state index contributed by atoms with van der Waals surface area (Å²) in [5, 5.41) is 2.63. The lowest BCUT2D eigenvalue weighted by atomic mass is 10.2. The van der Waals surface area contributed by atoms with Crippen molar-refractivity contribution in [3.05, 3.63) is 59.7 Å². The molecule has 2 aromatic rings. The van der Waals surface area contributed by atoms with Gasteiger partial charge in [0.15, 0.2) is 0 Å². The van der Waals surface area contributed by atoms with Crippen LogP contribution in [-0.2, 0) is 4.79 Å². The van der Waals surface area contributed by atoms with Gasteiger partial charge in [-0.15, -0.1) is 13.2 Å². The number of amides is 1. The molecule has 1 N–H and O–H groups in total. The maximum absolute atomic E-state index is 12.4. The third kappa shape index (κ3) is 5.56. The van der Waals surface area contributed by atoms with Crippen LogP contribution >= 0.6 is 0 Å². The summed E-state index contributed by atoms with van der Waals surface area (Å²) in [5.41, 5.74) is 1.52. The molecule has 0 fully saturated rings. The lowest BCUT2D eigenvalue weighted by Gasteiger charge is -2.11. The fraction of sp³-hybridized carbons (Fsp3) is 0.167. The fourth-order valence-corrected chi connectivity index (χ4v) is 2.10. The van der Waals surface area contributed by atoms with Crippen LogP contribution in [0.1, 0.15) is 11.1 Å². The number of para-hydroxylation sites is 1. The van der Waals surface area contributed by atoms with Gasteiger partial charge in [-0.1, -0.05) is 24.3 Å². The topological polar surface area (TPSA) is 47.6 Å². The van der Waals surface area contributed by atoms with E-state index in [0.29, 0.717) is 11.4 Å². The molecule has 0 atom stereocenters. The molecule has 0 saturated heterocycles. The number of carbonyl (C=O) groups excluding carboxylic acids is 1. The Kier molecular flexibility index (Phi) is 5.69. The van der Waals surface area contributed by atoms with Crippen LogP contribution < -0.4 is 14.8 Å². The van der Waals surface area contributed by atoms with Gasteiger partial charge >= 0.3 is 6.36 Å². The van der Waals surface area contributed by atoms with E-state index in [9.17, 15) is 18.0 Å². The second kappa shape index (κ2) is 7.74. The number of nitrogens with one attached hydrogen (secondary N) is 1. The molecule has 25 heavy (non-hydrogen) atoms. The fourth-order valence-electron chi connectivity index (χ4n) is 2.10. The summed E-state index contributed by atoms with van der Waals surface area (Å²) >= 11 is 0. The highest BCUT2D eigenvalue weighted by Gasteiger charge is 2.31. The average Bonchev–Trinajstić information content (AvgIpc) is 2.53. The lowest BCUT2D eigenvalue weighted by Crippen LogP contribution is -2.17. The van der Waals surface area contributed by atoms with Crippen LogP contribution in [0.25, 0.3) is 6.08 Å². The zero-order valence-electron chi connectivity index (χ0n) is 13.6. The first-order chi connectivity index (χ1) is 11.8. The first kappa shape index (κ1) is 18.4. The highest BCUT2D eigenvalue weighted by Crippen LogP contribution is 2.28. The van der Waals surface area contributed by atoms with Crippen molar-refractivity contribution >= 4 is 17.7 Å². The molecule has 0 aliphatic heterocycles. The van der Waals surface area contributed by atoms with Gasteiger partial charge in [-0.2, -0.15) is 0 Å². The minimum Gasteiger partial charge on any atom is -0.495 e. The summed E-state index contributed by atoms with van der Waals surface area (Å²) in [7, 11) is 1.47. The number of ether oxygens (including phenoxy) is 2. The molecule has 0 unspecified atom stereocenters. The Morgan fingerprint density at radius 3 is 2.52 bits per heavy atom. The number of methoxy groups -OCH3 is 1. The number of alkyl halides is 3. The third-order valence-corrected chi connectivity index (χ3v) is 3.17. The molecule has 7 heteroatoms. The van der Waals surface area contributed by atoms with Crippen LogP contribution in [0.15, 0.2) is 48.5 Å². The standard InChI is InChI=1S/C18H16F3NO3/c1-12-7-9-16(24-2)14(11-12)22-17(23)10-8-13-5-3-4-6-15(13)25-18(19,20)21/h3-11H,1-2H3,(H,22,23)/b10-8+. The van der Waals surface area contributed by atoms with Crippen LogP contribution in [0.2, 0.25) is 0 Å². The normalized spacial score (nSPS) is 11.4. The number of aryl methyl sites for hydroxylation is 1. The smallest absolute Gasteiger partial charge is 0.495 e. The largest absolute Gasteiger partial charge is 0.573 e. The van der Waals surface area contributed by atoms with Gasteiger partial charge < -0.3 is 14.8 Å². The van der Waals surface area contributed by atoms with Gasteiger partial charge in [0.25, 0.3) is 0 Å². The summed E-state index contributed by atoms with van der Waals surface area (Å²) in [6.45, 7) is 1.86. The van der Waals surface area contributed by atoms with E-state index in [1.807, 2.05) is 13.0 Å². The number of benzene rings is 2. The minimum absolute atomic E-state index is 0.131. The molecule has 0 aromatic heterocycles. The SMILES string of the molecule is COc1ccc(C)cc1NC(=O)/C=C/c1ccccc1OC(F)(F)F. The molecule has 0 spiro atoms. The Bertz CT molecular complexity index is 785. The van der Waals surface area contributed by atoms with Crippen molar-refractivity contribution in [1.29, 1.82) is 0 Å². The van der Waals surface area contributed by atoms with Gasteiger partial charge in [0, 0.05) is 11.6 Å². The predicted molar refractivity (Wildman–Crippen MR) is 88.5 cm³/mol. The van der Waals surface area contributed by atoms with Crippen LogP contribution in [0.3, 0.4) is 0 Å². The van der Waals surface area contributed by atoms with Gasteiger partial charge in [-0.25, -0.2) is 0 Å². The van der Waals surface area contributed by atoms with Crippen molar-refractivity contribution in [2.24, 2.45) is 0 Å². The van der Waals surface area contributed by atoms with Crippen molar-refractivity contribution in [1.82, 2.24) is 0 Å². The molecule has 2 rings (SSSR count). The summed E-state index contributed by atoms with van der Waals surface area (Å²) in [6, 6.07) is 10.8. The van der Waals surface area contributed by atoms with E-state index >= 15 is 0 Å². The van der Waals surface area contributed by atoms with E-state index in [2.05, 4.69) is 10.1 Å². The molecule has 2 aromatic carbocycles. The Balaban J connectivity index is 2.15. The Morgan fingerprint density at radius 2 is 1.84 bits per heavy atom. The first-order valence-corrected chi connectivity index (χ1v) is 7.27. The molecular formula is C18H16F3NO3. The van der Waals surface area contributed by atoms with Crippen molar-refractivity contribution in [3.8, 4) is 11.5 Å². The van der Waals surface area contributed by atoms with Gasteiger partial charge in [0.1, 0.15) is 11.5 Å². The number of carbonyl (C=O) groups is 1. The predicted octanol–water partition coefficient (Wildman–Crippen LogP) is 4.55. The van der Waals surface area contributed by atoms with E-state index < -0.39 is 12.3 Å². The van der Waals surface area contributed by atoms with Gasteiger partial charge in [0.05, 0.1) is 12.8 Å². The van der Waals surface area contributed by atoms with Gasteiger partial charge in [-0.3, -0.25) is 4.79 Å². The Morgan fingerprint density at radius 1 is 1.12 bits per heavy atom. The highest BCUT2D eigenvalue weighted by atomic mass is 19.4. The number of hydrogen-bond acceptors (Lipinski definition) is 3. The monoisotopic (exact) mass is 351 g/mol. The van der Waals surface area contributed by atoms with E-state index in [1.165, 1.54) is 31.4 Å². The number of halogens is 3. The molecule has 4 nitrogen and oxygen atoms in total. The molecular weight excluding hydrogens is 335 g/mol. The second-order valence-corrected chi connectivity index (χ2v) is 5.11. The minimum atomic E-state index is -4.80. The Labute approximate surface area is 142 Å². The van der Waals surface area contributed by atoms with Gasteiger partial charge in [-0.05, 0) is 36.8 Å². The average molecular weight is 351 g/mol. The molecule has 0 bridgehead atoms. The van der Waals surface area contributed by atoms with E-state index in [0.717, 1.165) is 11.6 Å². The highest BCUT2D eigenvalue weighted by molar-refractivity contribution is 6.03. The van der Waals surface area contributed by atoms with Crippen LogP contribution in [-0.4, -0.2) is 19.4 Å². The maximum Gasteiger partial charge on any atom is 0.573 e. The summed E-state index contributed by atoms with van der Waals surface area (Å²) in [4.78, 5) is 12.0. The van der Waals surface area contributed by atoms with Crippen LogP contribution in [0, 0.1) is 6.92 Å². The zero-order chi connectivity index (χ0) is 18.4. The lowest BCUT2D eigenvalue weighted by molar-refractivity contribution is -0.274. The van der Waals surface area contributed by atoms with E-state index in [1.54, 1.807) is 18.2 Å². The summed E-state index contributed by atoms with van der Waals surface area (Å²) < 4.78 is 46.3. The summed E-state index contributed by atoms with van der Waals surface area (Å²) in [6.07, 6.45) is -2.43. The van der Waals surface area contributed by atoms with E-state index in [-0.39, 0.29) is 11.3 Å². The quantitative estimate of drug-likeness (QED) is 0.804. The zero-order valence-corrected chi connectivity index (χ0v) is 13.6. The van der Waals surface area contributed by atoms with Crippen LogP contribution in [0.4, 0.5) is 18.9 Å². The van der Waals surface area contributed by atoms with Gasteiger partial charge in [0.2, 0.25) is 5.91 Å². The number of rotatable bonds is 5. The molecule has 0 saturated carbocycles. The molecule has 0 heterocycles. The number of anilines is 1. The van der Waals surface area contributed by atoms with Crippen molar-refractivity contribution in [2.45, 2.75) is 13.3 Å². The molecule has 132 valence electrons. The number of hydrogen-bond donors (Lipinski definition) is 1. The molecule has 0 aliphatic rings.